The summed E-state index contributed by atoms with van der Waals surface area (Å²) in [7, 11) is 0. The molecule has 2 aromatic rings. The van der Waals surface area contributed by atoms with Crippen LogP contribution in [0.5, 0.6) is 5.75 Å². The van der Waals surface area contributed by atoms with E-state index in [1.807, 2.05) is 0 Å². The highest BCUT2D eigenvalue weighted by molar-refractivity contribution is 6.23. The number of para-hydroxylation sites is 1. The maximum absolute atomic E-state index is 13.7. The molecule has 25 heavy (non-hydrogen) atoms. The Morgan fingerprint density at radius 1 is 1.20 bits per heavy atom. The molecule has 1 unspecified atom stereocenters. The molecule has 8 heteroatoms. The van der Waals surface area contributed by atoms with Gasteiger partial charge in [0.15, 0.2) is 0 Å². The van der Waals surface area contributed by atoms with Gasteiger partial charge in [0.05, 0.1) is 17.8 Å². The molecule has 1 fully saturated rings. The van der Waals surface area contributed by atoms with Gasteiger partial charge in [-0.05, 0) is 30.3 Å². The zero-order valence-electron chi connectivity index (χ0n) is 12.8. The molecule has 0 spiro atoms. The third-order valence-electron chi connectivity index (χ3n) is 3.82. The van der Waals surface area contributed by atoms with Crippen molar-refractivity contribution >= 4 is 29.2 Å². The van der Waals surface area contributed by atoms with Crippen LogP contribution in [0, 0.1) is 5.82 Å². The molecule has 7 nitrogen and oxygen atoms in total. The summed E-state index contributed by atoms with van der Waals surface area (Å²) in [4.78, 5) is 36.6. The standard InChI is InChI=1S/C17H13FN2O5/c18-11-3-1-2-4-12(11)19-13-8-15(22)20(16(13)23)9-5-6-14(21)10(7-9)17(24)25/h1-7,13,19,21H,8H2,(H,24,25). The minimum atomic E-state index is -1.39. The predicted octanol–water partition coefficient (Wildman–Crippen LogP) is 1.97. The van der Waals surface area contributed by atoms with Crippen molar-refractivity contribution in [3.05, 3.63) is 53.8 Å². The molecule has 2 aromatic carbocycles. The molecule has 1 atom stereocenters. The number of nitrogens with zero attached hydrogens (tertiary/aromatic N) is 1. The molecule has 0 aliphatic carbocycles. The Morgan fingerprint density at radius 2 is 1.92 bits per heavy atom. The van der Waals surface area contributed by atoms with E-state index in [-0.39, 0.29) is 17.8 Å². The van der Waals surface area contributed by atoms with Crippen molar-refractivity contribution in [2.75, 3.05) is 10.2 Å². The second kappa shape index (κ2) is 6.23. The van der Waals surface area contributed by atoms with Gasteiger partial charge in [0.25, 0.3) is 5.91 Å². The van der Waals surface area contributed by atoms with Gasteiger partial charge in [-0.1, -0.05) is 12.1 Å². The molecular weight excluding hydrogens is 331 g/mol. The molecule has 2 amide bonds. The van der Waals surface area contributed by atoms with Crippen molar-refractivity contribution < 1.29 is 29.0 Å². The van der Waals surface area contributed by atoms with Gasteiger partial charge in [-0.25, -0.2) is 14.1 Å². The monoisotopic (exact) mass is 344 g/mol. The lowest BCUT2D eigenvalue weighted by Crippen LogP contribution is -2.35. The van der Waals surface area contributed by atoms with Gasteiger partial charge in [-0.2, -0.15) is 0 Å². The maximum Gasteiger partial charge on any atom is 0.339 e. The average Bonchev–Trinajstić information content (AvgIpc) is 2.84. The molecule has 1 aliphatic heterocycles. The number of carbonyl (C=O) groups excluding carboxylic acids is 2. The molecule has 3 N–H and O–H groups in total. The van der Waals surface area contributed by atoms with E-state index >= 15 is 0 Å². The van der Waals surface area contributed by atoms with E-state index in [0.717, 1.165) is 17.0 Å². The average molecular weight is 344 g/mol. The number of imide groups is 1. The lowest BCUT2D eigenvalue weighted by molar-refractivity contribution is -0.121. The minimum Gasteiger partial charge on any atom is -0.507 e. The number of amides is 2. The maximum atomic E-state index is 13.7. The van der Waals surface area contributed by atoms with E-state index in [1.54, 1.807) is 6.07 Å². The minimum absolute atomic E-state index is 0.0306. The van der Waals surface area contributed by atoms with Crippen molar-refractivity contribution in [1.29, 1.82) is 0 Å². The van der Waals surface area contributed by atoms with Gasteiger partial charge in [0.1, 0.15) is 23.2 Å². The number of rotatable bonds is 4. The van der Waals surface area contributed by atoms with Crippen molar-refractivity contribution in [2.45, 2.75) is 12.5 Å². The van der Waals surface area contributed by atoms with Crippen LogP contribution in [-0.4, -0.2) is 34.0 Å². The van der Waals surface area contributed by atoms with Gasteiger partial charge in [0.2, 0.25) is 5.91 Å². The number of aromatic carboxylic acids is 1. The van der Waals surface area contributed by atoms with Gasteiger partial charge in [0, 0.05) is 0 Å². The number of phenols is 1. The number of aromatic hydroxyl groups is 1. The Kier molecular flexibility index (Phi) is 4.10. The summed E-state index contributed by atoms with van der Waals surface area (Å²) < 4.78 is 13.7. The van der Waals surface area contributed by atoms with Crippen LogP contribution < -0.4 is 10.2 Å². The number of carboxylic acid groups (broad SMARTS) is 1. The molecule has 1 aliphatic rings. The zero-order chi connectivity index (χ0) is 18.1. The summed E-state index contributed by atoms with van der Waals surface area (Å²) >= 11 is 0. The van der Waals surface area contributed by atoms with Gasteiger partial charge in [-0.3, -0.25) is 9.59 Å². The first-order valence-electron chi connectivity index (χ1n) is 7.32. The summed E-state index contributed by atoms with van der Waals surface area (Å²) in [6.45, 7) is 0. The Labute approximate surface area is 141 Å². The van der Waals surface area contributed by atoms with Crippen LogP contribution in [0.15, 0.2) is 42.5 Å². The van der Waals surface area contributed by atoms with Crippen molar-refractivity contribution in [2.24, 2.45) is 0 Å². The fraction of sp³-hybridized carbons (Fsp3) is 0.118. The lowest BCUT2D eigenvalue weighted by atomic mass is 10.1. The normalized spacial score (nSPS) is 17.0. The van der Waals surface area contributed by atoms with Gasteiger partial charge >= 0.3 is 5.97 Å². The topological polar surface area (TPSA) is 107 Å². The van der Waals surface area contributed by atoms with Crippen LogP contribution in [0.4, 0.5) is 15.8 Å². The Balaban J connectivity index is 1.88. The number of anilines is 2. The van der Waals surface area contributed by atoms with E-state index in [4.69, 9.17) is 5.11 Å². The lowest BCUT2D eigenvalue weighted by Gasteiger charge is -2.17. The fourth-order valence-corrected chi connectivity index (χ4v) is 2.62. The van der Waals surface area contributed by atoms with Crippen LogP contribution in [0.2, 0.25) is 0 Å². The van der Waals surface area contributed by atoms with Crippen molar-refractivity contribution in [1.82, 2.24) is 0 Å². The Hall–Kier alpha value is -3.42. The van der Waals surface area contributed by atoms with Crippen LogP contribution in [0.3, 0.4) is 0 Å². The predicted molar refractivity (Wildman–Crippen MR) is 86.0 cm³/mol. The molecule has 3 rings (SSSR count). The number of nitrogens with one attached hydrogen (secondary N) is 1. The zero-order valence-corrected chi connectivity index (χ0v) is 12.8. The quantitative estimate of drug-likeness (QED) is 0.732. The first-order valence-corrected chi connectivity index (χ1v) is 7.32. The van der Waals surface area contributed by atoms with E-state index in [0.29, 0.717) is 0 Å². The van der Waals surface area contributed by atoms with Crippen LogP contribution in [0.1, 0.15) is 16.8 Å². The third kappa shape index (κ3) is 3.01. The fourth-order valence-electron chi connectivity index (χ4n) is 2.62. The van der Waals surface area contributed by atoms with Crippen LogP contribution in [-0.2, 0) is 9.59 Å². The van der Waals surface area contributed by atoms with Crippen LogP contribution >= 0.6 is 0 Å². The molecule has 0 radical (unpaired) electrons. The highest BCUT2D eigenvalue weighted by Gasteiger charge is 2.40. The Morgan fingerprint density at radius 3 is 2.60 bits per heavy atom. The smallest absolute Gasteiger partial charge is 0.339 e. The highest BCUT2D eigenvalue weighted by atomic mass is 19.1. The number of carbonyl (C=O) groups is 3. The van der Waals surface area contributed by atoms with Crippen molar-refractivity contribution in [3.63, 3.8) is 0 Å². The van der Waals surface area contributed by atoms with Crippen molar-refractivity contribution in [3.8, 4) is 5.75 Å². The van der Waals surface area contributed by atoms with Gasteiger partial charge in [-0.15, -0.1) is 0 Å². The Bertz CT molecular complexity index is 883. The summed E-state index contributed by atoms with van der Waals surface area (Å²) in [5, 5.41) is 21.3. The molecule has 0 aromatic heterocycles. The highest BCUT2D eigenvalue weighted by Crippen LogP contribution is 2.29. The number of carboxylic acids is 1. The summed E-state index contributed by atoms with van der Waals surface area (Å²) in [5.74, 6) is -3.61. The molecular formula is C17H13FN2O5. The molecule has 1 heterocycles. The molecule has 0 saturated carbocycles. The first-order chi connectivity index (χ1) is 11.9. The number of halogens is 1. The summed E-state index contributed by atoms with van der Waals surface area (Å²) in [5.41, 5.74) is -0.306. The SMILES string of the molecule is O=C(O)c1cc(N2C(=O)CC(Nc3ccccc3F)C2=O)ccc1O. The molecule has 128 valence electrons. The first kappa shape index (κ1) is 16.4. The third-order valence-corrected chi connectivity index (χ3v) is 3.82. The molecule has 0 bridgehead atoms. The van der Waals surface area contributed by atoms with E-state index in [2.05, 4.69) is 5.32 Å². The number of hydrogen-bond acceptors (Lipinski definition) is 5. The summed E-state index contributed by atoms with van der Waals surface area (Å²) in [6.07, 6.45) is -0.198. The molecule has 1 saturated heterocycles. The van der Waals surface area contributed by atoms with E-state index < -0.39 is 41.0 Å². The van der Waals surface area contributed by atoms with E-state index in [1.165, 1.54) is 24.3 Å². The van der Waals surface area contributed by atoms with Gasteiger partial charge < -0.3 is 15.5 Å². The second-order valence-electron chi connectivity index (χ2n) is 5.45. The number of benzene rings is 2. The largest absolute Gasteiger partial charge is 0.507 e. The van der Waals surface area contributed by atoms with Crippen LogP contribution in [0.25, 0.3) is 0 Å². The number of hydrogen-bond donors (Lipinski definition) is 3. The van der Waals surface area contributed by atoms with E-state index in [9.17, 15) is 23.9 Å². The second-order valence-corrected chi connectivity index (χ2v) is 5.45. The summed E-state index contributed by atoms with van der Waals surface area (Å²) in [6, 6.07) is 8.19.